The van der Waals surface area contributed by atoms with Crippen molar-refractivity contribution in [3.63, 3.8) is 0 Å². The third-order valence-corrected chi connectivity index (χ3v) is 2.93. The molecule has 0 saturated heterocycles. The lowest BCUT2D eigenvalue weighted by molar-refractivity contribution is 0.0938. The summed E-state index contributed by atoms with van der Waals surface area (Å²) in [6.45, 7) is -0.168. The number of urea groups is 1. The minimum atomic E-state index is -0.555. The van der Waals surface area contributed by atoms with Crippen molar-refractivity contribution in [3.8, 4) is 0 Å². The summed E-state index contributed by atoms with van der Waals surface area (Å²) in [5.74, 6) is -0.401. The van der Waals surface area contributed by atoms with Gasteiger partial charge in [-0.25, -0.2) is 15.3 Å². The van der Waals surface area contributed by atoms with E-state index in [1.165, 1.54) is 0 Å². The predicted octanol–water partition coefficient (Wildman–Crippen LogP) is 2.13. The molecule has 0 unspecified atom stereocenters. The van der Waals surface area contributed by atoms with E-state index in [1.807, 2.05) is 0 Å². The Morgan fingerprint density at radius 1 is 0.864 bits per heavy atom. The number of rotatable bonds is 4. The van der Waals surface area contributed by atoms with Crippen LogP contribution in [-0.4, -0.2) is 18.5 Å². The van der Waals surface area contributed by atoms with Crippen LogP contribution in [-0.2, 0) is 11.5 Å². The van der Waals surface area contributed by atoms with Crippen molar-refractivity contribution in [2.45, 2.75) is 6.42 Å². The third kappa shape index (κ3) is 4.60. The molecule has 6 heteroatoms. The summed E-state index contributed by atoms with van der Waals surface area (Å²) in [5, 5.41) is 13.1. The van der Waals surface area contributed by atoms with E-state index in [9.17, 15) is 14.7 Å². The van der Waals surface area contributed by atoms with Gasteiger partial charge in [-0.05, 0) is 36.2 Å². The van der Waals surface area contributed by atoms with Crippen LogP contribution in [0.1, 0.15) is 15.9 Å². The first-order chi connectivity index (χ1) is 10.7. The van der Waals surface area contributed by atoms with E-state index >= 15 is 0 Å². The monoisotopic (exact) mass is 298 g/mol. The summed E-state index contributed by atoms with van der Waals surface area (Å²) in [5.41, 5.74) is 6.51. The maximum atomic E-state index is 11.7. The Morgan fingerprint density at radius 2 is 1.55 bits per heavy atom. The molecule has 0 aromatic heterocycles. The molecule has 0 aliphatic rings. The van der Waals surface area contributed by atoms with Crippen LogP contribution < -0.4 is 16.2 Å². The van der Waals surface area contributed by atoms with Gasteiger partial charge < -0.3 is 5.32 Å². The quantitative estimate of drug-likeness (QED) is 0.755. The van der Waals surface area contributed by atoms with Crippen LogP contribution in [0.5, 0.6) is 0 Å². The van der Waals surface area contributed by atoms with Crippen molar-refractivity contribution in [3.05, 3.63) is 65.7 Å². The van der Waals surface area contributed by atoms with Gasteiger partial charge in [0, 0.05) is 11.3 Å². The minimum absolute atomic E-state index is 0.168. The first kappa shape index (κ1) is 15.5. The van der Waals surface area contributed by atoms with Crippen molar-refractivity contribution < 1.29 is 14.7 Å². The van der Waals surface area contributed by atoms with E-state index in [2.05, 4.69) is 16.2 Å². The van der Waals surface area contributed by atoms with E-state index in [4.69, 9.17) is 0 Å². The Kier molecular flexibility index (Phi) is 5.50. The second-order valence-electron chi connectivity index (χ2n) is 4.55. The summed E-state index contributed by atoms with van der Waals surface area (Å²) < 4.78 is 0. The van der Waals surface area contributed by atoms with Gasteiger partial charge in [-0.3, -0.25) is 10.2 Å². The second-order valence-corrected chi connectivity index (χ2v) is 4.55. The fraction of sp³-hybridized carbons (Fsp3) is 0.125. The second kappa shape index (κ2) is 7.80. The molecular weight excluding hydrogens is 282 g/mol. The van der Waals surface area contributed by atoms with E-state index in [-0.39, 0.29) is 6.61 Å². The molecule has 2 aromatic rings. The molecule has 1 radical (unpaired) electrons. The molecular formula is C16H16N3O3. The van der Waals surface area contributed by atoms with Gasteiger partial charge in [0.05, 0.1) is 6.61 Å². The van der Waals surface area contributed by atoms with Gasteiger partial charge in [0.2, 0.25) is 0 Å². The number of carbonyl (C=O) groups excluding carboxylic acids is 2. The van der Waals surface area contributed by atoms with Crippen molar-refractivity contribution in [2.75, 3.05) is 11.9 Å². The normalized spacial score (nSPS) is 9.86. The SMILES string of the molecule is [O]CCc1ccc(NC(=O)NNC(=O)c2ccccc2)cc1. The predicted molar refractivity (Wildman–Crippen MR) is 81.8 cm³/mol. The highest BCUT2D eigenvalue weighted by Gasteiger charge is 2.06. The Hall–Kier alpha value is -2.86. The maximum Gasteiger partial charge on any atom is 0.337 e. The van der Waals surface area contributed by atoms with E-state index in [1.54, 1.807) is 54.6 Å². The summed E-state index contributed by atoms with van der Waals surface area (Å²) in [7, 11) is 0. The zero-order valence-corrected chi connectivity index (χ0v) is 11.8. The molecule has 6 nitrogen and oxygen atoms in total. The highest BCUT2D eigenvalue weighted by Crippen LogP contribution is 2.09. The van der Waals surface area contributed by atoms with Crippen LogP contribution in [0.4, 0.5) is 10.5 Å². The van der Waals surface area contributed by atoms with Crippen molar-refractivity contribution in [2.24, 2.45) is 0 Å². The van der Waals surface area contributed by atoms with Crippen molar-refractivity contribution in [1.82, 2.24) is 10.9 Å². The molecule has 0 fully saturated rings. The van der Waals surface area contributed by atoms with Gasteiger partial charge in [0.25, 0.3) is 5.91 Å². The lowest BCUT2D eigenvalue weighted by Gasteiger charge is -2.09. The molecule has 0 heterocycles. The van der Waals surface area contributed by atoms with Gasteiger partial charge in [-0.1, -0.05) is 30.3 Å². The van der Waals surface area contributed by atoms with E-state index in [0.717, 1.165) is 5.56 Å². The largest absolute Gasteiger partial charge is 0.337 e. The number of hydrazine groups is 1. The van der Waals surface area contributed by atoms with Crippen LogP contribution >= 0.6 is 0 Å². The highest BCUT2D eigenvalue weighted by molar-refractivity contribution is 5.97. The Morgan fingerprint density at radius 3 is 2.18 bits per heavy atom. The topological polar surface area (TPSA) is 90.1 Å². The summed E-state index contributed by atoms with van der Waals surface area (Å²) in [6.07, 6.45) is 0.458. The zero-order valence-electron chi connectivity index (χ0n) is 11.8. The molecule has 3 amide bonds. The average Bonchev–Trinajstić information content (AvgIpc) is 2.55. The molecule has 2 aromatic carbocycles. The lowest BCUT2D eigenvalue weighted by Crippen LogP contribution is -2.43. The van der Waals surface area contributed by atoms with E-state index in [0.29, 0.717) is 17.7 Å². The summed E-state index contributed by atoms with van der Waals surface area (Å²) in [4.78, 5) is 23.4. The maximum absolute atomic E-state index is 11.7. The van der Waals surface area contributed by atoms with Crippen LogP contribution in [0.15, 0.2) is 54.6 Å². The third-order valence-electron chi connectivity index (χ3n) is 2.93. The van der Waals surface area contributed by atoms with Crippen molar-refractivity contribution in [1.29, 1.82) is 0 Å². The molecule has 22 heavy (non-hydrogen) atoms. The van der Waals surface area contributed by atoms with Gasteiger partial charge in [0.15, 0.2) is 0 Å². The molecule has 0 bridgehead atoms. The Labute approximate surface area is 128 Å². The number of hydrogen-bond donors (Lipinski definition) is 3. The fourth-order valence-corrected chi connectivity index (χ4v) is 1.81. The Bertz CT molecular complexity index is 627. The number of nitrogens with one attached hydrogen (secondary N) is 3. The number of amides is 3. The molecule has 0 saturated carbocycles. The number of anilines is 1. The molecule has 3 N–H and O–H groups in total. The standard InChI is InChI=1S/C16H16N3O3/c20-11-10-12-6-8-14(9-7-12)17-16(22)19-18-15(21)13-4-2-1-3-5-13/h1-9H,10-11H2,(H,18,21)(H2,17,19,22). The molecule has 113 valence electrons. The van der Waals surface area contributed by atoms with Gasteiger partial charge in [-0.2, -0.15) is 0 Å². The average molecular weight is 298 g/mol. The van der Waals surface area contributed by atoms with Gasteiger partial charge >= 0.3 is 6.03 Å². The van der Waals surface area contributed by atoms with Crippen LogP contribution in [0.3, 0.4) is 0 Å². The first-order valence-electron chi connectivity index (χ1n) is 6.78. The Balaban J connectivity index is 1.81. The lowest BCUT2D eigenvalue weighted by atomic mass is 10.1. The minimum Gasteiger partial charge on any atom is -0.307 e. The van der Waals surface area contributed by atoms with Crippen LogP contribution in [0.2, 0.25) is 0 Å². The summed E-state index contributed by atoms with van der Waals surface area (Å²) >= 11 is 0. The zero-order chi connectivity index (χ0) is 15.8. The smallest absolute Gasteiger partial charge is 0.307 e. The van der Waals surface area contributed by atoms with Gasteiger partial charge in [-0.15, -0.1) is 0 Å². The van der Waals surface area contributed by atoms with Crippen molar-refractivity contribution >= 4 is 17.6 Å². The highest BCUT2D eigenvalue weighted by atomic mass is 16.3. The molecule has 0 atom stereocenters. The first-order valence-corrected chi connectivity index (χ1v) is 6.78. The van der Waals surface area contributed by atoms with E-state index < -0.39 is 11.9 Å². The van der Waals surface area contributed by atoms with Crippen LogP contribution in [0.25, 0.3) is 0 Å². The molecule has 0 aliphatic heterocycles. The molecule has 0 spiro atoms. The molecule has 0 aliphatic carbocycles. The number of carbonyl (C=O) groups is 2. The number of hydrogen-bond acceptors (Lipinski definition) is 2. The van der Waals surface area contributed by atoms with Gasteiger partial charge in [0.1, 0.15) is 0 Å². The summed E-state index contributed by atoms with van der Waals surface area (Å²) in [6, 6.07) is 14.9. The number of benzene rings is 2. The fourth-order valence-electron chi connectivity index (χ4n) is 1.81. The van der Waals surface area contributed by atoms with Crippen LogP contribution in [0, 0.1) is 0 Å². The molecule has 2 rings (SSSR count).